The molecule has 0 aliphatic carbocycles. The number of nitrogen functional groups attached to an aromatic ring is 1. The number of hydrogen-bond acceptors (Lipinski definition) is 3. The van der Waals surface area contributed by atoms with Gasteiger partial charge in [-0.05, 0) is 25.1 Å². The molecule has 0 aliphatic heterocycles. The van der Waals surface area contributed by atoms with Gasteiger partial charge < -0.3 is 10.3 Å². The lowest BCUT2D eigenvalue weighted by molar-refractivity contribution is 0.628. The summed E-state index contributed by atoms with van der Waals surface area (Å²) in [7, 11) is 0. The van der Waals surface area contributed by atoms with E-state index in [1.54, 1.807) is 6.33 Å². The smallest absolute Gasteiger partial charge is 0.165 e. The van der Waals surface area contributed by atoms with Crippen molar-refractivity contribution in [3.8, 4) is 11.4 Å². The number of benzene rings is 1. The van der Waals surface area contributed by atoms with E-state index >= 15 is 0 Å². The SMILES string of the molecule is CCn1cnnc1-c1cc(F)ccc1N. The van der Waals surface area contributed by atoms with Crippen molar-refractivity contribution in [1.29, 1.82) is 0 Å². The van der Waals surface area contributed by atoms with Gasteiger partial charge in [0.2, 0.25) is 0 Å². The highest BCUT2D eigenvalue weighted by Crippen LogP contribution is 2.24. The maximum Gasteiger partial charge on any atom is 0.165 e. The van der Waals surface area contributed by atoms with Crippen LogP contribution < -0.4 is 5.73 Å². The normalized spacial score (nSPS) is 10.5. The first-order valence-electron chi connectivity index (χ1n) is 4.65. The van der Waals surface area contributed by atoms with Crippen LogP contribution in [0.15, 0.2) is 24.5 Å². The van der Waals surface area contributed by atoms with Gasteiger partial charge in [-0.15, -0.1) is 10.2 Å². The first kappa shape index (κ1) is 9.64. The molecule has 78 valence electrons. The fourth-order valence-electron chi connectivity index (χ4n) is 1.42. The largest absolute Gasteiger partial charge is 0.398 e. The third-order valence-corrected chi connectivity index (χ3v) is 2.21. The third kappa shape index (κ3) is 1.68. The van der Waals surface area contributed by atoms with Gasteiger partial charge in [0.05, 0.1) is 0 Å². The van der Waals surface area contributed by atoms with E-state index in [9.17, 15) is 4.39 Å². The van der Waals surface area contributed by atoms with Crippen LogP contribution in [0.5, 0.6) is 0 Å². The third-order valence-electron chi connectivity index (χ3n) is 2.21. The number of halogens is 1. The molecule has 15 heavy (non-hydrogen) atoms. The zero-order valence-electron chi connectivity index (χ0n) is 8.31. The Morgan fingerprint density at radius 1 is 1.47 bits per heavy atom. The average Bonchev–Trinajstić information content (AvgIpc) is 2.69. The summed E-state index contributed by atoms with van der Waals surface area (Å²) >= 11 is 0. The Bertz CT molecular complexity index is 478. The number of nitrogens with two attached hydrogens (primary N) is 1. The zero-order valence-corrected chi connectivity index (χ0v) is 8.31. The summed E-state index contributed by atoms with van der Waals surface area (Å²) in [5, 5.41) is 7.70. The second-order valence-electron chi connectivity index (χ2n) is 3.17. The lowest BCUT2D eigenvalue weighted by Crippen LogP contribution is -1.99. The van der Waals surface area contributed by atoms with Crippen molar-refractivity contribution < 1.29 is 4.39 Å². The second kappa shape index (κ2) is 3.68. The van der Waals surface area contributed by atoms with Gasteiger partial charge in [0.1, 0.15) is 12.1 Å². The lowest BCUT2D eigenvalue weighted by Gasteiger charge is -2.06. The predicted molar refractivity (Wildman–Crippen MR) is 55.5 cm³/mol. The number of aryl methyl sites for hydroxylation is 1. The van der Waals surface area contributed by atoms with Gasteiger partial charge in [-0.1, -0.05) is 0 Å². The molecule has 0 amide bonds. The fraction of sp³-hybridized carbons (Fsp3) is 0.200. The molecule has 0 fully saturated rings. The van der Waals surface area contributed by atoms with Gasteiger partial charge >= 0.3 is 0 Å². The number of rotatable bonds is 2. The first-order valence-corrected chi connectivity index (χ1v) is 4.65. The molecule has 0 bridgehead atoms. The number of aromatic nitrogens is 3. The molecule has 2 rings (SSSR count). The van der Waals surface area contributed by atoms with Crippen LogP contribution in [0, 0.1) is 5.82 Å². The molecule has 0 saturated carbocycles. The Kier molecular flexibility index (Phi) is 2.37. The lowest BCUT2D eigenvalue weighted by atomic mass is 10.1. The van der Waals surface area contributed by atoms with Crippen LogP contribution in [-0.4, -0.2) is 14.8 Å². The first-order chi connectivity index (χ1) is 7.22. The van der Waals surface area contributed by atoms with E-state index in [1.165, 1.54) is 18.2 Å². The van der Waals surface area contributed by atoms with Crippen LogP contribution in [0.2, 0.25) is 0 Å². The summed E-state index contributed by atoms with van der Waals surface area (Å²) in [6, 6.07) is 4.22. The monoisotopic (exact) mass is 206 g/mol. The quantitative estimate of drug-likeness (QED) is 0.760. The molecular weight excluding hydrogens is 195 g/mol. The molecule has 5 heteroatoms. The topological polar surface area (TPSA) is 56.7 Å². The fourth-order valence-corrected chi connectivity index (χ4v) is 1.42. The number of anilines is 1. The maximum absolute atomic E-state index is 13.1. The van der Waals surface area contributed by atoms with E-state index in [1.807, 2.05) is 11.5 Å². The summed E-state index contributed by atoms with van der Waals surface area (Å²) < 4.78 is 14.9. The Balaban J connectivity index is 2.58. The molecular formula is C10H11FN4. The molecule has 1 aromatic carbocycles. The highest BCUT2D eigenvalue weighted by atomic mass is 19.1. The molecule has 0 atom stereocenters. The molecule has 4 nitrogen and oxygen atoms in total. The summed E-state index contributed by atoms with van der Waals surface area (Å²) in [5.41, 5.74) is 6.83. The Morgan fingerprint density at radius 2 is 2.27 bits per heavy atom. The van der Waals surface area contributed by atoms with Gasteiger partial charge in [-0.2, -0.15) is 0 Å². The highest BCUT2D eigenvalue weighted by molar-refractivity contribution is 5.71. The van der Waals surface area contributed by atoms with Crippen molar-refractivity contribution in [3.05, 3.63) is 30.3 Å². The molecule has 0 unspecified atom stereocenters. The molecule has 1 aromatic heterocycles. The predicted octanol–water partition coefficient (Wildman–Crippen LogP) is 1.69. The number of hydrogen-bond donors (Lipinski definition) is 1. The Hall–Kier alpha value is -1.91. The van der Waals surface area contributed by atoms with Crippen molar-refractivity contribution in [2.75, 3.05) is 5.73 Å². The maximum atomic E-state index is 13.1. The van der Waals surface area contributed by atoms with Gasteiger partial charge in [-0.25, -0.2) is 4.39 Å². The van der Waals surface area contributed by atoms with E-state index in [0.29, 0.717) is 17.1 Å². The second-order valence-corrected chi connectivity index (χ2v) is 3.17. The van der Waals surface area contributed by atoms with Crippen molar-refractivity contribution in [2.45, 2.75) is 13.5 Å². The van der Waals surface area contributed by atoms with Crippen LogP contribution in [0.4, 0.5) is 10.1 Å². The minimum absolute atomic E-state index is 0.329. The van der Waals surface area contributed by atoms with E-state index in [-0.39, 0.29) is 5.82 Å². The van der Waals surface area contributed by atoms with Crippen molar-refractivity contribution in [1.82, 2.24) is 14.8 Å². The standard InChI is InChI=1S/C10H11FN4/c1-2-15-6-13-14-10(15)8-5-7(11)3-4-9(8)12/h3-6H,2,12H2,1H3. The van der Waals surface area contributed by atoms with E-state index in [2.05, 4.69) is 10.2 Å². The minimum atomic E-state index is -0.329. The summed E-state index contributed by atoms with van der Waals surface area (Å²) in [4.78, 5) is 0. The highest BCUT2D eigenvalue weighted by Gasteiger charge is 2.10. The van der Waals surface area contributed by atoms with Gasteiger partial charge in [-0.3, -0.25) is 0 Å². The van der Waals surface area contributed by atoms with Crippen molar-refractivity contribution in [2.24, 2.45) is 0 Å². The van der Waals surface area contributed by atoms with Crippen LogP contribution in [0.1, 0.15) is 6.92 Å². The number of nitrogens with zero attached hydrogens (tertiary/aromatic N) is 3. The van der Waals surface area contributed by atoms with Gasteiger partial charge in [0.15, 0.2) is 5.82 Å². The van der Waals surface area contributed by atoms with E-state index in [0.717, 1.165) is 6.54 Å². The van der Waals surface area contributed by atoms with Gasteiger partial charge in [0.25, 0.3) is 0 Å². The molecule has 0 saturated heterocycles. The van der Waals surface area contributed by atoms with Crippen LogP contribution in [0.25, 0.3) is 11.4 Å². The Morgan fingerprint density at radius 3 is 3.00 bits per heavy atom. The zero-order chi connectivity index (χ0) is 10.8. The molecule has 2 aromatic rings. The summed E-state index contributed by atoms with van der Waals surface area (Å²) in [6.45, 7) is 2.68. The van der Waals surface area contributed by atoms with Crippen LogP contribution in [0.3, 0.4) is 0 Å². The van der Waals surface area contributed by atoms with E-state index < -0.39 is 0 Å². The Labute approximate surface area is 86.6 Å². The van der Waals surface area contributed by atoms with Crippen molar-refractivity contribution in [3.63, 3.8) is 0 Å². The average molecular weight is 206 g/mol. The minimum Gasteiger partial charge on any atom is -0.398 e. The summed E-state index contributed by atoms with van der Waals surface area (Å²) in [6.07, 6.45) is 1.60. The summed E-state index contributed by atoms with van der Waals surface area (Å²) in [5.74, 6) is 0.263. The van der Waals surface area contributed by atoms with Crippen LogP contribution >= 0.6 is 0 Å². The van der Waals surface area contributed by atoms with Crippen LogP contribution in [-0.2, 0) is 6.54 Å². The van der Waals surface area contributed by atoms with Crippen molar-refractivity contribution >= 4 is 5.69 Å². The molecule has 1 heterocycles. The molecule has 0 radical (unpaired) electrons. The molecule has 0 aliphatic rings. The van der Waals surface area contributed by atoms with E-state index in [4.69, 9.17) is 5.73 Å². The molecule has 0 spiro atoms. The van der Waals surface area contributed by atoms with Gasteiger partial charge in [0, 0.05) is 17.8 Å². The molecule has 2 N–H and O–H groups in total.